The molecule has 8 nitrogen and oxygen atoms in total. The normalized spacial score (nSPS) is 10.6. The van der Waals surface area contributed by atoms with Crippen LogP contribution in [0.2, 0.25) is 0 Å². The van der Waals surface area contributed by atoms with Crippen LogP contribution in [0.25, 0.3) is 11.1 Å². The van der Waals surface area contributed by atoms with Gasteiger partial charge in [-0.1, -0.05) is 24.3 Å². The van der Waals surface area contributed by atoms with Crippen molar-refractivity contribution in [2.24, 2.45) is 5.73 Å². The van der Waals surface area contributed by atoms with E-state index in [1.54, 1.807) is 6.20 Å². The predicted octanol–water partition coefficient (Wildman–Crippen LogP) is 1.63. The van der Waals surface area contributed by atoms with Gasteiger partial charge in [0.1, 0.15) is 0 Å². The minimum Gasteiger partial charge on any atom is -0.476 e. The van der Waals surface area contributed by atoms with E-state index in [1.165, 1.54) is 0 Å². The van der Waals surface area contributed by atoms with Crippen LogP contribution in [0.15, 0.2) is 30.5 Å². The molecule has 2 rings (SSSR count). The van der Waals surface area contributed by atoms with Crippen molar-refractivity contribution in [1.82, 2.24) is 19.8 Å². The van der Waals surface area contributed by atoms with Gasteiger partial charge in [0, 0.05) is 37.9 Å². The number of anilines is 1. The fraction of sp³-hybridized carbons (Fsp3) is 0.450. The molecule has 0 unspecified atom stereocenters. The third-order valence-electron chi connectivity index (χ3n) is 3.85. The van der Waals surface area contributed by atoms with E-state index < -0.39 is 5.97 Å². The Labute approximate surface area is 167 Å². The average Bonchev–Trinajstić information content (AvgIpc) is 2.62. The fourth-order valence-electron chi connectivity index (χ4n) is 2.35. The summed E-state index contributed by atoms with van der Waals surface area (Å²) in [5, 5.41) is 12.5. The highest BCUT2D eigenvalue weighted by Gasteiger charge is 2.16. The van der Waals surface area contributed by atoms with Gasteiger partial charge in [-0.05, 0) is 46.2 Å². The Bertz CT molecular complexity index is 749. The number of aryl methyl sites for hydroxylation is 1. The van der Waals surface area contributed by atoms with Crippen LogP contribution in [0.3, 0.4) is 0 Å². The zero-order chi connectivity index (χ0) is 21.1. The molecular weight excluding hydrogens is 356 g/mol. The molecule has 8 heteroatoms. The van der Waals surface area contributed by atoms with Gasteiger partial charge in [0.15, 0.2) is 5.69 Å². The van der Waals surface area contributed by atoms with Gasteiger partial charge in [-0.25, -0.2) is 14.8 Å². The van der Waals surface area contributed by atoms with Gasteiger partial charge in [0.2, 0.25) is 5.95 Å². The lowest BCUT2D eigenvalue weighted by Crippen LogP contribution is -2.22. The first kappa shape index (κ1) is 23.5. The Hall–Kier alpha value is -2.55. The maximum absolute atomic E-state index is 11.5. The first-order chi connectivity index (χ1) is 13.3. The zero-order valence-corrected chi connectivity index (χ0v) is 17.4. The van der Waals surface area contributed by atoms with E-state index in [9.17, 15) is 9.90 Å². The first-order valence-corrected chi connectivity index (χ1v) is 9.16. The number of carboxylic acid groups (broad SMARTS) is 1. The molecule has 0 bridgehead atoms. The monoisotopic (exact) mass is 388 g/mol. The number of rotatable bonds is 8. The number of aromatic nitrogens is 2. The third-order valence-corrected chi connectivity index (χ3v) is 3.85. The molecule has 0 radical (unpaired) electrons. The van der Waals surface area contributed by atoms with E-state index in [2.05, 4.69) is 20.2 Å². The van der Waals surface area contributed by atoms with Crippen molar-refractivity contribution in [3.63, 3.8) is 0 Å². The molecule has 4 N–H and O–H groups in total. The van der Waals surface area contributed by atoms with E-state index in [4.69, 9.17) is 5.73 Å². The minimum absolute atomic E-state index is 0.0108. The number of aromatic carboxylic acids is 1. The SMILES string of the molecule is CN(C)CCN.Cc1ccccc1-c1cnc(NCCN(C)C)nc1C(=O)O. The second kappa shape index (κ2) is 12.0. The van der Waals surface area contributed by atoms with Gasteiger partial charge in [-0.3, -0.25) is 0 Å². The number of likely N-dealkylation sites (N-methyl/N-ethyl adjacent to an activating group) is 2. The molecule has 0 atom stereocenters. The summed E-state index contributed by atoms with van der Waals surface area (Å²) in [7, 11) is 7.94. The molecule has 0 amide bonds. The van der Waals surface area contributed by atoms with Crippen LogP contribution in [0.5, 0.6) is 0 Å². The smallest absolute Gasteiger partial charge is 0.355 e. The number of nitrogens with two attached hydrogens (primary N) is 1. The van der Waals surface area contributed by atoms with Gasteiger partial charge in [0.05, 0.1) is 0 Å². The number of hydrogen-bond acceptors (Lipinski definition) is 7. The summed E-state index contributed by atoms with van der Waals surface area (Å²) in [4.78, 5) is 24.0. The summed E-state index contributed by atoms with van der Waals surface area (Å²) < 4.78 is 0. The summed E-state index contributed by atoms with van der Waals surface area (Å²) in [5.41, 5.74) is 7.55. The van der Waals surface area contributed by atoms with Crippen LogP contribution in [-0.4, -0.2) is 85.2 Å². The highest BCUT2D eigenvalue weighted by Crippen LogP contribution is 2.25. The van der Waals surface area contributed by atoms with Gasteiger partial charge in [0.25, 0.3) is 0 Å². The maximum Gasteiger partial charge on any atom is 0.355 e. The summed E-state index contributed by atoms with van der Waals surface area (Å²) in [6.45, 7) is 5.14. The average molecular weight is 389 g/mol. The van der Waals surface area contributed by atoms with Crippen LogP contribution in [0, 0.1) is 6.92 Å². The number of nitrogens with one attached hydrogen (secondary N) is 1. The van der Waals surface area contributed by atoms with Crippen molar-refractivity contribution in [1.29, 1.82) is 0 Å². The Morgan fingerprint density at radius 1 is 1.11 bits per heavy atom. The van der Waals surface area contributed by atoms with Crippen LogP contribution < -0.4 is 11.1 Å². The molecule has 28 heavy (non-hydrogen) atoms. The van der Waals surface area contributed by atoms with E-state index in [0.717, 1.165) is 30.8 Å². The molecule has 0 aliphatic carbocycles. The molecule has 154 valence electrons. The van der Waals surface area contributed by atoms with Gasteiger partial charge in [-0.2, -0.15) is 0 Å². The van der Waals surface area contributed by atoms with Crippen molar-refractivity contribution < 1.29 is 9.90 Å². The molecule has 1 heterocycles. The second-order valence-electron chi connectivity index (χ2n) is 6.90. The van der Waals surface area contributed by atoms with Crippen molar-refractivity contribution in [3.05, 3.63) is 41.7 Å². The minimum atomic E-state index is -1.06. The van der Waals surface area contributed by atoms with Crippen molar-refractivity contribution in [2.75, 3.05) is 59.7 Å². The lowest BCUT2D eigenvalue weighted by Gasteiger charge is -2.12. The molecule has 0 aliphatic heterocycles. The molecule has 1 aromatic carbocycles. The summed E-state index contributed by atoms with van der Waals surface area (Å²) >= 11 is 0. The van der Waals surface area contributed by atoms with E-state index in [0.29, 0.717) is 18.1 Å². The molecule has 0 spiro atoms. The Morgan fingerprint density at radius 2 is 1.75 bits per heavy atom. The lowest BCUT2D eigenvalue weighted by molar-refractivity contribution is 0.0691. The highest BCUT2D eigenvalue weighted by atomic mass is 16.4. The van der Waals surface area contributed by atoms with Crippen LogP contribution >= 0.6 is 0 Å². The number of benzene rings is 1. The van der Waals surface area contributed by atoms with E-state index in [-0.39, 0.29) is 5.69 Å². The molecule has 0 saturated heterocycles. The molecule has 0 fully saturated rings. The van der Waals surface area contributed by atoms with Crippen LogP contribution in [-0.2, 0) is 0 Å². The molecule has 0 saturated carbocycles. The standard InChI is InChI=1S/C16H20N4O2.C4H12N2/c1-11-6-4-5-7-12(11)13-10-18-16(17-8-9-20(2)3)19-14(13)15(21)22;1-6(2)4-3-5/h4-7,10H,8-9H2,1-3H3,(H,21,22)(H,17,18,19);3-5H2,1-2H3. The quantitative estimate of drug-likeness (QED) is 0.626. The van der Waals surface area contributed by atoms with Crippen molar-refractivity contribution in [3.8, 4) is 11.1 Å². The first-order valence-electron chi connectivity index (χ1n) is 9.16. The van der Waals surface area contributed by atoms with E-state index >= 15 is 0 Å². The second-order valence-corrected chi connectivity index (χ2v) is 6.90. The van der Waals surface area contributed by atoms with Gasteiger partial charge < -0.3 is 26.0 Å². The lowest BCUT2D eigenvalue weighted by atomic mass is 10.0. The molecular formula is C20H32N6O2. The number of hydrogen-bond donors (Lipinski definition) is 3. The summed E-state index contributed by atoms with van der Waals surface area (Å²) in [6, 6.07) is 7.60. The predicted molar refractivity (Wildman–Crippen MR) is 114 cm³/mol. The highest BCUT2D eigenvalue weighted by molar-refractivity contribution is 5.94. The molecule has 2 aromatic rings. The van der Waals surface area contributed by atoms with Gasteiger partial charge >= 0.3 is 5.97 Å². The number of carbonyl (C=O) groups is 1. The topological polar surface area (TPSA) is 108 Å². The largest absolute Gasteiger partial charge is 0.476 e. The Morgan fingerprint density at radius 3 is 2.25 bits per heavy atom. The van der Waals surface area contributed by atoms with Crippen LogP contribution in [0.1, 0.15) is 16.1 Å². The zero-order valence-electron chi connectivity index (χ0n) is 17.4. The third kappa shape index (κ3) is 7.99. The van der Waals surface area contributed by atoms with E-state index in [1.807, 2.05) is 64.3 Å². The fourth-order valence-corrected chi connectivity index (χ4v) is 2.35. The molecule has 0 aliphatic rings. The Kier molecular flexibility index (Phi) is 10.1. The van der Waals surface area contributed by atoms with Gasteiger partial charge in [-0.15, -0.1) is 0 Å². The summed E-state index contributed by atoms with van der Waals surface area (Å²) in [6.07, 6.45) is 1.57. The number of nitrogens with zero attached hydrogens (tertiary/aromatic N) is 4. The maximum atomic E-state index is 11.5. The van der Waals surface area contributed by atoms with Crippen molar-refractivity contribution in [2.45, 2.75) is 6.92 Å². The van der Waals surface area contributed by atoms with Crippen LogP contribution in [0.4, 0.5) is 5.95 Å². The molecule has 1 aromatic heterocycles. The summed E-state index contributed by atoms with van der Waals surface area (Å²) in [5.74, 6) is -0.729. The van der Waals surface area contributed by atoms with Crippen molar-refractivity contribution >= 4 is 11.9 Å². The Balaban J connectivity index is 0.000000568. The number of carboxylic acids is 1.